The van der Waals surface area contributed by atoms with Crippen molar-refractivity contribution in [3.63, 3.8) is 0 Å². The Balaban J connectivity index is 1.70. The fourth-order valence-electron chi connectivity index (χ4n) is 3.38. The second-order valence-electron chi connectivity index (χ2n) is 6.17. The molecule has 0 saturated carbocycles. The van der Waals surface area contributed by atoms with Gasteiger partial charge in [-0.2, -0.15) is 0 Å². The van der Waals surface area contributed by atoms with E-state index in [1.807, 2.05) is 6.07 Å². The fraction of sp³-hybridized carbons (Fsp3) is 0.625. The van der Waals surface area contributed by atoms with Gasteiger partial charge in [0.15, 0.2) is 0 Å². The Morgan fingerprint density at radius 2 is 2.00 bits per heavy atom. The largest absolute Gasteiger partial charge is 0.508 e. The number of aromatic hydroxyl groups is 1. The molecule has 0 aromatic heterocycles. The predicted molar refractivity (Wildman–Crippen MR) is 75.5 cm³/mol. The minimum absolute atomic E-state index is 0.290. The van der Waals surface area contributed by atoms with Crippen LogP contribution in [0.25, 0.3) is 0 Å². The number of ether oxygens (including phenoxy) is 1. The molecule has 19 heavy (non-hydrogen) atoms. The van der Waals surface area contributed by atoms with Gasteiger partial charge in [-0.15, -0.1) is 0 Å². The van der Waals surface area contributed by atoms with Gasteiger partial charge in [-0.1, -0.05) is 13.8 Å². The highest BCUT2D eigenvalue weighted by atomic mass is 16.5. The number of hydrogen-bond donors (Lipinski definition) is 1. The molecule has 3 heteroatoms. The average molecular weight is 261 g/mol. The van der Waals surface area contributed by atoms with Gasteiger partial charge in [0.25, 0.3) is 0 Å². The zero-order valence-corrected chi connectivity index (χ0v) is 11.8. The van der Waals surface area contributed by atoms with Crippen LogP contribution in [0.1, 0.15) is 38.3 Å². The summed E-state index contributed by atoms with van der Waals surface area (Å²) in [4.78, 5) is 2.54. The first kappa shape index (κ1) is 12.8. The first-order valence-corrected chi connectivity index (χ1v) is 7.35. The lowest BCUT2D eigenvalue weighted by Gasteiger charge is -2.36. The van der Waals surface area contributed by atoms with Crippen molar-refractivity contribution < 1.29 is 9.84 Å². The summed E-state index contributed by atoms with van der Waals surface area (Å²) in [5.74, 6) is 2.82. The Hall–Kier alpha value is -1.22. The van der Waals surface area contributed by atoms with Crippen LogP contribution in [0.5, 0.6) is 11.5 Å². The van der Waals surface area contributed by atoms with Crippen molar-refractivity contribution in [1.82, 2.24) is 4.90 Å². The maximum absolute atomic E-state index is 9.50. The van der Waals surface area contributed by atoms with Crippen LogP contribution >= 0.6 is 0 Å². The SMILES string of the molecule is CC(C)C1CCN(C2COc3cc(O)ccc32)CC1. The molecule has 0 spiro atoms. The molecule has 0 amide bonds. The minimum atomic E-state index is 0.290. The maximum atomic E-state index is 9.50. The third kappa shape index (κ3) is 2.44. The molecule has 1 aromatic rings. The van der Waals surface area contributed by atoms with Crippen molar-refractivity contribution >= 4 is 0 Å². The molecule has 3 rings (SSSR count). The van der Waals surface area contributed by atoms with Crippen molar-refractivity contribution in [2.75, 3.05) is 19.7 Å². The molecule has 1 unspecified atom stereocenters. The molecule has 0 bridgehead atoms. The summed E-state index contributed by atoms with van der Waals surface area (Å²) in [5, 5.41) is 9.50. The summed E-state index contributed by atoms with van der Waals surface area (Å²) >= 11 is 0. The summed E-state index contributed by atoms with van der Waals surface area (Å²) in [6.07, 6.45) is 2.59. The summed E-state index contributed by atoms with van der Waals surface area (Å²) in [5.41, 5.74) is 1.24. The molecule has 2 heterocycles. The Morgan fingerprint density at radius 3 is 2.68 bits per heavy atom. The molecular weight excluding hydrogens is 238 g/mol. The van der Waals surface area contributed by atoms with Crippen LogP contribution in [0.15, 0.2) is 18.2 Å². The molecule has 2 aliphatic rings. The zero-order chi connectivity index (χ0) is 13.4. The fourth-order valence-corrected chi connectivity index (χ4v) is 3.38. The molecule has 1 saturated heterocycles. The molecule has 1 aromatic carbocycles. The highest BCUT2D eigenvalue weighted by Crippen LogP contribution is 2.40. The molecule has 1 fully saturated rings. The van der Waals surface area contributed by atoms with E-state index >= 15 is 0 Å². The summed E-state index contributed by atoms with van der Waals surface area (Å²) < 4.78 is 5.72. The smallest absolute Gasteiger partial charge is 0.127 e. The molecular formula is C16H23NO2. The van der Waals surface area contributed by atoms with E-state index in [1.54, 1.807) is 12.1 Å². The second kappa shape index (κ2) is 5.04. The van der Waals surface area contributed by atoms with E-state index in [0.717, 1.165) is 37.3 Å². The molecule has 0 radical (unpaired) electrons. The van der Waals surface area contributed by atoms with Crippen LogP contribution in [0.4, 0.5) is 0 Å². The molecule has 1 atom stereocenters. The lowest BCUT2D eigenvalue weighted by molar-refractivity contribution is 0.0999. The molecule has 104 valence electrons. The maximum Gasteiger partial charge on any atom is 0.127 e. The van der Waals surface area contributed by atoms with E-state index in [2.05, 4.69) is 18.7 Å². The van der Waals surface area contributed by atoms with Crippen LogP contribution in [0.3, 0.4) is 0 Å². The van der Waals surface area contributed by atoms with Crippen molar-refractivity contribution in [2.24, 2.45) is 11.8 Å². The number of phenols is 1. The minimum Gasteiger partial charge on any atom is -0.508 e. The number of piperidine rings is 1. The first-order valence-electron chi connectivity index (χ1n) is 7.35. The monoisotopic (exact) mass is 261 g/mol. The summed E-state index contributed by atoms with van der Waals surface area (Å²) in [6.45, 7) is 7.72. The average Bonchev–Trinajstić information content (AvgIpc) is 2.81. The lowest BCUT2D eigenvalue weighted by Crippen LogP contribution is -2.38. The third-order valence-electron chi connectivity index (χ3n) is 4.71. The van der Waals surface area contributed by atoms with Gasteiger partial charge in [-0.25, -0.2) is 0 Å². The van der Waals surface area contributed by atoms with Crippen LogP contribution < -0.4 is 4.74 Å². The van der Waals surface area contributed by atoms with E-state index < -0.39 is 0 Å². The highest BCUT2D eigenvalue weighted by molar-refractivity contribution is 5.44. The molecule has 2 aliphatic heterocycles. The van der Waals surface area contributed by atoms with E-state index in [4.69, 9.17) is 4.74 Å². The van der Waals surface area contributed by atoms with Gasteiger partial charge in [0.1, 0.15) is 18.1 Å². The lowest BCUT2D eigenvalue weighted by atomic mass is 9.86. The quantitative estimate of drug-likeness (QED) is 0.887. The summed E-state index contributed by atoms with van der Waals surface area (Å²) in [6, 6.07) is 5.89. The number of benzene rings is 1. The van der Waals surface area contributed by atoms with Gasteiger partial charge in [-0.3, -0.25) is 4.90 Å². The highest BCUT2D eigenvalue weighted by Gasteiger charge is 2.32. The Morgan fingerprint density at radius 1 is 1.26 bits per heavy atom. The normalized spacial score (nSPS) is 24.5. The van der Waals surface area contributed by atoms with Gasteiger partial charge in [0.2, 0.25) is 0 Å². The van der Waals surface area contributed by atoms with E-state index in [0.29, 0.717) is 6.04 Å². The van der Waals surface area contributed by atoms with Crippen molar-refractivity contribution in [2.45, 2.75) is 32.7 Å². The van der Waals surface area contributed by atoms with Crippen LogP contribution in [0, 0.1) is 11.8 Å². The second-order valence-corrected chi connectivity index (χ2v) is 6.17. The number of phenolic OH excluding ortho intramolecular Hbond substituents is 1. The number of hydrogen-bond acceptors (Lipinski definition) is 3. The first-order chi connectivity index (χ1) is 9.15. The Labute approximate surface area is 115 Å². The molecule has 3 nitrogen and oxygen atoms in total. The number of nitrogens with zero attached hydrogens (tertiary/aromatic N) is 1. The summed E-state index contributed by atoms with van der Waals surface area (Å²) in [7, 11) is 0. The predicted octanol–water partition coefficient (Wildman–Crippen LogP) is 3.19. The van der Waals surface area contributed by atoms with Gasteiger partial charge in [0, 0.05) is 11.6 Å². The number of likely N-dealkylation sites (tertiary alicyclic amines) is 1. The van der Waals surface area contributed by atoms with Crippen LogP contribution in [0.2, 0.25) is 0 Å². The van der Waals surface area contributed by atoms with E-state index in [9.17, 15) is 5.11 Å². The van der Waals surface area contributed by atoms with E-state index in [1.165, 1.54) is 18.4 Å². The number of fused-ring (bicyclic) bond motifs is 1. The Bertz CT molecular complexity index is 450. The van der Waals surface area contributed by atoms with Gasteiger partial charge < -0.3 is 9.84 Å². The van der Waals surface area contributed by atoms with Crippen molar-refractivity contribution in [1.29, 1.82) is 0 Å². The third-order valence-corrected chi connectivity index (χ3v) is 4.71. The van der Waals surface area contributed by atoms with Gasteiger partial charge in [-0.05, 0) is 49.9 Å². The molecule has 1 N–H and O–H groups in total. The zero-order valence-electron chi connectivity index (χ0n) is 11.8. The standard InChI is InChI=1S/C16H23NO2/c1-11(2)12-5-7-17(8-6-12)15-10-19-16-9-13(18)3-4-14(15)16/h3-4,9,11-12,15,18H,5-8,10H2,1-2H3. The van der Waals surface area contributed by atoms with E-state index in [-0.39, 0.29) is 5.75 Å². The number of rotatable bonds is 2. The van der Waals surface area contributed by atoms with Gasteiger partial charge >= 0.3 is 0 Å². The van der Waals surface area contributed by atoms with Crippen LogP contribution in [-0.4, -0.2) is 29.7 Å². The topological polar surface area (TPSA) is 32.7 Å². The molecule has 0 aliphatic carbocycles. The Kier molecular flexibility index (Phi) is 3.40. The van der Waals surface area contributed by atoms with Crippen molar-refractivity contribution in [3.8, 4) is 11.5 Å². The van der Waals surface area contributed by atoms with Crippen molar-refractivity contribution in [3.05, 3.63) is 23.8 Å². The van der Waals surface area contributed by atoms with Gasteiger partial charge in [0.05, 0.1) is 6.04 Å². The van der Waals surface area contributed by atoms with Crippen LogP contribution in [-0.2, 0) is 0 Å².